The summed E-state index contributed by atoms with van der Waals surface area (Å²) in [5, 5.41) is 41.6. The number of H-pyrrole nitrogens is 1. The molecule has 4 aromatic rings. The number of anilines is 1. The van der Waals surface area contributed by atoms with Gasteiger partial charge in [0, 0.05) is 7.05 Å². The Morgan fingerprint density at radius 3 is 1.94 bits per heavy atom. The number of imidazole rings is 2. The van der Waals surface area contributed by atoms with Crippen molar-refractivity contribution in [3.05, 3.63) is 38.7 Å². The minimum absolute atomic E-state index is 0.000452. The van der Waals surface area contributed by atoms with Crippen LogP contribution in [0.5, 0.6) is 0 Å². The number of aromatic amines is 1. The van der Waals surface area contributed by atoms with E-state index in [0.29, 0.717) is 30.1 Å². The molecule has 0 saturated carbocycles. The molecule has 0 bridgehead atoms. The van der Waals surface area contributed by atoms with Crippen LogP contribution in [0, 0.1) is 13.8 Å². The van der Waals surface area contributed by atoms with Crippen LogP contribution in [0.1, 0.15) is 36.9 Å². The Labute approximate surface area is 289 Å². The summed E-state index contributed by atoms with van der Waals surface area (Å²) in [6, 6.07) is 0. The van der Waals surface area contributed by atoms with Gasteiger partial charge in [0.1, 0.15) is 36.1 Å². The molecule has 4 unspecified atom stereocenters. The Hall–Kier alpha value is -3.14. The van der Waals surface area contributed by atoms with E-state index >= 15 is 0 Å². The molecule has 17 nitrogen and oxygen atoms in total. The molecule has 276 valence electrons. The van der Waals surface area contributed by atoms with Gasteiger partial charge >= 0.3 is 0 Å². The second kappa shape index (κ2) is 14.1. The number of nitrogens with one attached hydrogen (secondary N) is 1. The smallest absolute Gasteiger partial charge is 0.281 e. The van der Waals surface area contributed by atoms with Gasteiger partial charge < -0.3 is 40.6 Å². The molecule has 50 heavy (non-hydrogen) atoms. The fourth-order valence-electron chi connectivity index (χ4n) is 6.03. The summed E-state index contributed by atoms with van der Waals surface area (Å²) in [5.41, 5.74) is 6.12. The molecule has 2 aliphatic heterocycles. The van der Waals surface area contributed by atoms with Crippen molar-refractivity contribution in [3.63, 3.8) is 0 Å². The van der Waals surface area contributed by atoms with Crippen LogP contribution >= 0.6 is 13.8 Å². The highest BCUT2D eigenvalue weighted by molar-refractivity contribution is 7.72. The van der Waals surface area contributed by atoms with Crippen LogP contribution in [0.2, 0.25) is 0 Å². The van der Waals surface area contributed by atoms with Gasteiger partial charge in [-0.25, -0.2) is 19.9 Å². The lowest BCUT2D eigenvalue weighted by molar-refractivity contribution is -0.0353. The number of rotatable bonds is 8. The lowest BCUT2D eigenvalue weighted by Crippen LogP contribution is -2.32. The van der Waals surface area contributed by atoms with Crippen LogP contribution in [0.15, 0.2) is 15.9 Å². The van der Waals surface area contributed by atoms with E-state index in [4.69, 9.17) is 15.2 Å². The number of nitrogen functional groups attached to an aromatic ring is 1. The van der Waals surface area contributed by atoms with Crippen LogP contribution < -0.4 is 16.9 Å². The van der Waals surface area contributed by atoms with Crippen molar-refractivity contribution in [2.24, 2.45) is 7.05 Å². The van der Waals surface area contributed by atoms with Crippen molar-refractivity contribution in [1.29, 1.82) is 0 Å². The van der Waals surface area contributed by atoms with Gasteiger partial charge in [0.2, 0.25) is 5.95 Å². The highest BCUT2D eigenvalue weighted by Crippen LogP contribution is 2.41. The first kappa shape index (κ1) is 38.1. The fraction of sp³-hybridized carbons (Fsp3) is 0.613. The third kappa shape index (κ3) is 7.70. The monoisotopic (exact) mass is 737 g/mol. The van der Waals surface area contributed by atoms with Crippen molar-refractivity contribution < 1.29 is 29.9 Å². The lowest BCUT2D eigenvalue weighted by atomic mass is 10.1. The van der Waals surface area contributed by atoms with Gasteiger partial charge in [0.15, 0.2) is 34.8 Å². The standard InChI is InChI=1S/C16H25N4O4P.C15H24N5O4P/c1-9-18-14-11(15(23)19(9)2)17-8-20(14)16-13(22)12(21)10(24-16)6-7-25(3,4)5;1-7-17-12-9(13(23)18-7)19-15(16)20(12)14-11(22)10(21)8(24-14)5-6-25(2,3)4/h8,10,12-13,16,21-22H,3,6-7H2,1-2,4-5H3;8,10-11,14,21-22H,2,5-6H2,1,3-4H3,(H2,16,19)(H,17,18,23)/t10?,12-,13-,16?;8?,10-,11-,14?/m11/s1. The number of aliphatic hydroxyl groups excluding tert-OH is 4. The van der Waals surface area contributed by atoms with Gasteiger partial charge in [-0.2, -0.15) is 0 Å². The summed E-state index contributed by atoms with van der Waals surface area (Å²) in [4.78, 5) is 43.7. The SMILES string of the molecule is C=P(C)(C)CCC1OC(n2c(N)nc3c(=O)[nH]c(C)nc32)[C@H](O)[C@@H]1O.C=P(C)(C)CCC1OC(n2cnc3c(=O)n(C)c(C)nc32)[C@H](O)[C@@H]1O. The topological polar surface area (TPSA) is 242 Å². The average Bonchev–Trinajstić information content (AvgIpc) is 3.73. The maximum absolute atomic E-state index is 12.3. The third-order valence-corrected chi connectivity index (χ3v) is 11.9. The number of hydrogen-bond acceptors (Lipinski definition) is 13. The normalized spacial score (nSPS) is 27.3. The second-order valence-corrected chi connectivity index (χ2v) is 23.1. The van der Waals surface area contributed by atoms with E-state index in [1.807, 2.05) is 0 Å². The Bertz CT molecular complexity index is 2100. The largest absolute Gasteiger partial charge is 0.388 e. The summed E-state index contributed by atoms with van der Waals surface area (Å²) >= 11 is 0. The summed E-state index contributed by atoms with van der Waals surface area (Å²) < 4.78 is 16.1. The highest BCUT2D eigenvalue weighted by atomic mass is 31.2. The van der Waals surface area contributed by atoms with E-state index in [-0.39, 0.29) is 28.2 Å². The zero-order valence-corrected chi connectivity index (χ0v) is 31.3. The third-order valence-electron chi connectivity index (χ3n) is 8.97. The first-order valence-corrected chi connectivity index (χ1v) is 22.3. The maximum Gasteiger partial charge on any atom is 0.281 e. The molecular formula is C31H49N9O8P2. The van der Waals surface area contributed by atoms with Gasteiger partial charge in [-0.1, -0.05) is 0 Å². The van der Waals surface area contributed by atoms with Gasteiger partial charge in [-0.15, -0.1) is 26.4 Å². The van der Waals surface area contributed by atoms with Crippen LogP contribution in [0.3, 0.4) is 0 Å². The summed E-state index contributed by atoms with van der Waals surface area (Å²) in [6.07, 6.45) is 5.46. The molecule has 6 heterocycles. The lowest BCUT2D eigenvalue weighted by Gasteiger charge is -2.19. The van der Waals surface area contributed by atoms with Crippen molar-refractivity contribution in [2.75, 3.05) is 44.7 Å². The first-order valence-electron chi connectivity index (χ1n) is 16.2. The van der Waals surface area contributed by atoms with Crippen LogP contribution in [0.4, 0.5) is 5.95 Å². The van der Waals surface area contributed by atoms with Gasteiger partial charge in [-0.3, -0.25) is 23.3 Å². The van der Waals surface area contributed by atoms with Crippen molar-refractivity contribution in [3.8, 4) is 0 Å². The second-order valence-electron chi connectivity index (χ2n) is 14.5. The molecule has 8 atom stereocenters. The molecule has 7 N–H and O–H groups in total. The first-order chi connectivity index (χ1) is 23.2. The molecule has 0 aromatic carbocycles. The molecule has 2 fully saturated rings. The zero-order chi connectivity index (χ0) is 37.0. The van der Waals surface area contributed by atoms with Crippen LogP contribution in [-0.4, -0.2) is 147 Å². The number of aromatic nitrogens is 8. The number of fused-ring (bicyclic) bond motifs is 2. The van der Waals surface area contributed by atoms with E-state index in [9.17, 15) is 30.0 Å². The number of ether oxygens (including phenoxy) is 2. The predicted molar refractivity (Wildman–Crippen MR) is 197 cm³/mol. The minimum atomic E-state index is -1.28. The van der Waals surface area contributed by atoms with Crippen molar-refractivity contribution >= 4 is 54.6 Å². The molecule has 0 aliphatic carbocycles. The molecule has 19 heteroatoms. The quantitative estimate of drug-likeness (QED) is 0.130. The molecule has 0 amide bonds. The predicted octanol–water partition coefficient (Wildman–Crippen LogP) is -0.114. The Balaban J connectivity index is 0.000000194. The Morgan fingerprint density at radius 2 is 1.38 bits per heavy atom. The zero-order valence-electron chi connectivity index (χ0n) is 29.5. The van der Waals surface area contributed by atoms with Gasteiger partial charge in [0.05, 0.1) is 18.5 Å². The highest BCUT2D eigenvalue weighted by Gasteiger charge is 2.46. The number of nitrogens with two attached hydrogens (primary N) is 1. The van der Waals surface area contributed by atoms with Gasteiger partial charge in [-0.05, 0) is 65.7 Å². The van der Waals surface area contributed by atoms with Crippen LogP contribution in [-0.2, 0) is 16.5 Å². The Kier molecular flexibility index (Phi) is 10.8. The molecule has 0 radical (unpaired) electrons. The fourth-order valence-corrected chi connectivity index (χ4v) is 7.94. The van der Waals surface area contributed by atoms with E-state index in [0.717, 1.165) is 12.3 Å². The molecule has 6 rings (SSSR count). The maximum atomic E-state index is 12.3. The van der Waals surface area contributed by atoms with Crippen LogP contribution in [0.25, 0.3) is 22.3 Å². The number of hydrogen-bond donors (Lipinski definition) is 6. The van der Waals surface area contributed by atoms with E-state index < -0.39 is 68.4 Å². The Morgan fingerprint density at radius 1 is 0.840 bits per heavy atom. The number of aryl methyl sites for hydroxylation is 2. The van der Waals surface area contributed by atoms with Crippen molar-refractivity contribution in [2.45, 2.75) is 75.8 Å². The number of aliphatic hydroxyl groups is 4. The van der Waals surface area contributed by atoms with E-state index in [1.165, 1.54) is 20.0 Å². The molecule has 4 aromatic heterocycles. The minimum Gasteiger partial charge on any atom is -0.388 e. The molecule has 2 aliphatic rings. The van der Waals surface area contributed by atoms with E-state index in [1.54, 1.807) is 20.9 Å². The molecule has 2 saturated heterocycles. The van der Waals surface area contributed by atoms with E-state index in [2.05, 4.69) is 64.2 Å². The summed E-state index contributed by atoms with van der Waals surface area (Å²) in [7, 11) is 1.63. The summed E-state index contributed by atoms with van der Waals surface area (Å²) in [5.74, 6) is 0.930. The molecular weight excluding hydrogens is 688 g/mol. The molecule has 0 spiro atoms. The average molecular weight is 738 g/mol. The van der Waals surface area contributed by atoms with Crippen molar-refractivity contribution in [1.82, 2.24) is 38.6 Å². The number of nitrogens with zero attached hydrogens (tertiary/aromatic N) is 7. The van der Waals surface area contributed by atoms with Gasteiger partial charge in [0.25, 0.3) is 11.1 Å². The summed E-state index contributed by atoms with van der Waals surface area (Å²) in [6.45, 7) is 9.27.